The van der Waals surface area contributed by atoms with Crippen molar-refractivity contribution in [2.75, 3.05) is 12.4 Å². The Balaban J connectivity index is 1.44. The molecule has 8 nitrogen and oxygen atoms in total. The normalized spacial score (nSPS) is 12.5. The lowest BCUT2D eigenvalue weighted by atomic mass is 9.85. The number of fused-ring (bicyclic) bond motifs is 2. The van der Waals surface area contributed by atoms with Crippen molar-refractivity contribution in [1.82, 2.24) is 15.1 Å². The molecule has 4 aromatic rings. The van der Waals surface area contributed by atoms with Gasteiger partial charge in [-0.05, 0) is 58.7 Å². The number of ether oxygens (including phenoxy) is 1. The van der Waals surface area contributed by atoms with E-state index in [-0.39, 0.29) is 11.3 Å². The van der Waals surface area contributed by atoms with E-state index in [9.17, 15) is 9.59 Å². The molecular formula is C33H37N5O3. The molecule has 0 saturated carbocycles. The van der Waals surface area contributed by atoms with Crippen LogP contribution < -0.4 is 21.1 Å². The van der Waals surface area contributed by atoms with Crippen molar-refractivity contribution in [1.29, 1.82) is 0 Å². The second-order valence-corrected chi connectivity index (χ2v) is 11.4. The molecule has 1 aromatic heterocycles. The van der Waals surface area contributed by atoms with Gasteiger partial charge >= 0.3 is 0 Å². The first-order valence-electron chi connectivity index (χ1n) is 13.9. The molecule has 0 fully saturated rings. The van der Waals surface area contributed by atoms with Gasteiger partial charge in [-0.15, -0.1) is 0 Å². The van der Waals surface area contributed by atoms with Crippen LogP contribution in [0, 0.1) is 0 Å². The van der Waals surface area contributed by atoms with Crippen LogP contribution in [0.15, 0.2) is 60.7 Å². The van der Waals surface area contributed by atoms with Crippen LogP contribution in [0.3, 0.4) is 0 Å². The van der Waals surface area contributed by atoms with Crippen LogP contribution in [0.25, 0.3) is 11.3 Å². The van der Waals surface area contributed by atoms with E-state index < -0.39 is 5.91 Å². The highest BCUT2D eigenvalue weighted by atomic mass is 16.5. The lowest BCUT2D eigenvalue weighted by molar-refractivity contribution is 0.0946. The van der Waals surface area contributed by atoms with Gasteiger partial charge in [0.2, 0.25) is 0 Å². The minimum atomic E-state index is -0.529. The SMILES string of the molecule is CCc1cc(CNC(=O)c2ccccc2OC)ccc1-c1nn2c(c1C(N)=O)Nc1ccc(C(C)(C)C)cc1CC2. The van der Waals surface area contributed by atoms with E-state index >= 15 is 0 Å². The molecule has 5 rings (SSSR count). The number of nitrogens with one attached hydrogen (secondary N) is 2. The van der Waals surface area contributed by atoms with Gasteiger partial charge in [-0.1, -0.05) is 70.2 Å². The molecule has 0 radical (unpaired) electrons. The molecule has 41 heavy (non-hydrogen) atoms. The molecule has 3 aromatic carbocycles. The number of nitrogens with two attached hydrogens (primary N) is 1. The minimum absolute atomic E-state index is 0.0421. The minimum Gasteiger partial charge on any atom is -0.496 e. The molecule has 0 atom stereocenters. The Morgan fingerprint density at radius 2 is 1.88 bits per heavy atom. The number of aryl methyl sites for hydroxylation is 3. The fourth-order valence-corrected chi connectivity index (χ4v) is 5.31. The number of amides is 2. The number of para-hydroxylation sites is 1. The molecular weight excluding hydrogens is 514 g/mol. The van der Waals surface area contributed by atoms with Crippen LogP contribution in [-0.4, -0.2) is 28.7 Å². The highest BCUT2D eigenvalue weighted by molar-refractivity contribution is 6.04. The predicted octanol–water partition coefficient (Wildman–Crippen LogP) is 5.75. The smallest absolute Gasteiger partial charge is 0.255 e. The fourth-order valence-electron chi connectivity index (χ4n) is 5.31. The average Bonchev–Trinajstić information content (AvgIpc) is 3.22. The van der Waals surface area contributed by atoms with Crippen molar-refractivity contribution in [3.63, 3.8) is 0 Å². The van der Waals surface area contributed by atoms with Crippen molar-refractivity contribution >= 4 is 23.3 Å². The summed E-state index contributed by atoms with van der Waals surface area (Å²) >= 11 is 0. The molecule has 1 aliphatic heterocycles. The Hall–Kier alpha value is -4.59. The monoisotopic (exact) mass is 551 g/mol. The molecule has 1 aliphatic rings. The summed E-state index contributed by atoms with van der Waals surface area (Å²) in [5.41, 5.74) is 13.7. The van der Waals surface area contributed by atoms with Crippen molar-refractivity contribution in [3.8, 4) is 17.0 Å². The maximum atomic E-state index is 12.8. The van der Waals surface area contributed by atoms with Crippen LogP contribution in [0.5, 0.6) is 5.75 Å². The Kier molecular flexibility index (Phi) is 7.58. The number of anilines is 2. The zero-order valence-electron chi connectivity index (χ0n) is 24.3. The topological polar surface area (TPSA) is 111 Å². The quantitative estimate of drug-likeness (QED) is 0.271. The van der Waals surface area contributed by atoms with Gasteiger partial charge in [-0.2, -0.15) is 5.10 Å². The summed E-state index contributed by atoms with van der Waals surface area (Å²) in [5, 5.41) is 11.3. The van der Waals surface area contributed by atoms with Crippen LogP contribution in [0.4, 0.5) is 11.5 Å². The summed E-state index contributed by atoms with van der Waals surface area (Å²) in [4.78, 5) is 25.6. The first kappa shape index (κ1) is 28.0. The highest BCUT2D eigenvalue weighted by Crippen LogP contribution is 2.37. The number of primary amides is 1. The molecule has 4 N–H and O–H groups in total. The van der Waals surface area contributed by atoms with Gasteiger partial charge in [0.1, 0.15) is 22.8 Å². The largest absolute Gasteiger partial charge is 0.496 e. The number of hydrogen-bond acceptors (Lipinski definition) is 5. The molecule has 0 bridgehead atoms. The second-order valence-electron chi connectivity index (χ2n) is 11.4. The van der Waals surface area contributed by atoms with Gasteiger partial charge in [-0.3, -0.25) is 9.59 Å². The molecule has 0 unspecified atom stereocenters. The Labute approximate surface area is 240 Å². The number of nitrogens with zero attached hydrogens (tertiary/aromatic N) is 2. The van der Waals surface area contributed by atoms with Gasteiger partial charge in [0.05, 0.1) is 12.7 Å². The number of carbonyl (C=O) groups is 2. The Morgan fingerprint density at radius 3 is 2.59 bits per heavy atom. The number of rotatable bonds is 7. The number of methoxy groups -OCH3 is 1. The molecule has 8 heteroatoms. The Morgan fingerprint density at radius 1 is 1.10 bits per heavy atom. The van der Waals surface area contributed by atoms with E-state index in [4.69, 9.17) is 15.6 Å². The van der Waals surface area contributed by atoms with Crippen molar-refractivity contribution in [2.24, 2.45) is 5.73 Å². The molecule has 212 valence electrons. The lowest BCUT2D eigenvalue weighted by Gasteiger charge is -2.21. The number of hydrogen-bond donors (Lipinski definition) is 3. The van der Waals surface area contributed by atoms with Crippen LogP contribution in [-0.2, 0) is 31.3 Å². The summed E-state index contributed by atoms with van der Waals surface area (Å²) in [5.74, 6) is 0.405. The highest BCUT2D eigenvalue weighted by Gasteiger charge is 2.27. The summed E-state index contributed by atoms with van der Waals surface area (Å²) in [7, 11) is 1.55. The summed E-state index contributed by atoms with van der Waals surface area (Å²) < 4.78 is 7.17. The van der Waals surface area contributed by atoms with E-state index in [0.717, 1.165) is 35.2 Å². The summed E-state index contributed by atoms with van der Waals surface area (Å²) in [6, 6.07) is 19.5. The molecule has 2 amide bonds. The third-order valence-corrected chi connectivity index (χ3v) is 7.63. The van der Waals surface area contributed by atoms with Crippen LogP contribution >= 0.6 is 0 Å². The van der Waals surface area contributed by atoms with Gasteiger partial charge in [0, 0.05) is 24.3 Å². The van der Waals surface area contributed by atoms with E-state index in [2.05, 4.69) is 56.5 Å². The van der Waals surface area contributed by atoms with Crippen molar-refractivity contribution in [3.05, 3.63) is 94.0 Å². The first-order chi connectivity index (χ1) is 19.6. The Bertz CT molecular complexity index is 1630. The molecule has 0 spiro atoms. The lowest BCUT2D eigenvalue weighted by Crippen LogP contribution is -2.23. The van der Waals surface area contributed by atoms with E-state index in [1.54, 1.807) is 25.3 Å². The van der Waals surface area contributed by atoms with Gasteiger partial charge < -0.3 is 21.1 Å². The standard InChI is InChI=1S/C33H37N5O3/c1-6-21-17-20(19-35-32(40)25-9-7-8-10-27(25)41-5)11-13-24(21)29-28(30(34)39)31-36-26-14-12-23(33(2,3)4)18-22(26)15-16-38(31)37-29/h7-14,17-18,36H,6,15-16,19H2,1-5H3,(H2,34,39)(H,35,40). The maximum absolute atomic E-state index is 12.8. The fraction of sp³-hybridized carbons (Fsp3) is 0.303. The first-order valence-corrected chi connectivity index (χ1v) is 13.9. The van der Waals surface area contributed by atoms with Crippen LogP contribution in [0.2, 0.25) is 0 Å². The van der Waals surface area contributed by atoms with Crippen LogP contribution in [0.1, 0.15) is 70.7 Å². The molecule has 2 heterocycles. The zero-order valence-corrected chi connectivity index (χ0v) is 24.3. The zero-order chi connectivity index (χ0) is 29.3. The third-order valence-electron chi connectivity index (χ3n) is 7.63. The van der Waals surface area contributed by atoms with Crippen molar-refractivity contribution in [2.45, 2.75) is 59.0 Å². The van der Waals surface area contributed by atoms with E-state index in [1.165, 1.54) is 11.1 Å². The molecule has 0 aliphatic carbocycles. The third kappa shape index (κ3) is 5.55. The average molecular weight is 552 g/mol. The predicted molar refractivity (Wildman–Crippen MR) is 162 cm³/mol. The van der Waals surface area contributed by atoms with Crippen molar-refractivity contribution < 1.29 is 14.3 Å². The summed E-state index contributed by atoms with van der Waals surface area (Å²) in [6.07, 6.45) is 1.50. The second kappa shape index (κ2) is 11.1. The van der Waals surface area contributed by atoms with Gasteiger partial charge in [0.15, 0.2) is 0 Å². The number of carbonyl (C=O) groups excluding carboxylic acids is 2. The van der Waals surface area contributed by atoms with E-state index in [1.807, 2.05) is 28.9 Å². The van der Waals surface area contributed by atoms with Gasteiger partial charge in [0.25, 0.3) is 11.8 Å². The summed E-state index contributed by atoms with van der Waals surface area (Å²) in [6.45, 7) is 9.63. The maximum Gasteiger partial charge on any atom is 0.255 e. The number of benzene rings is 3. The van der Waals surface area contributed by atoms with E-state index in [0.29, 0.717) is 41.5 Å². The van der Waals surface area contributed by atoms with Gasteiger partial charge in [-0.25, -0.2) is 4.68 Å². The number of aromatic nitrogens is 2. The molecule has 0 saturated heterocycles.